The van der Waals surface area contributed by atoms with Crippen molar-refractivity contribution in [2.75, 3.05) is 92.4 Å². The van der Waals surface area contributed by atoms with Gasteiger partial charge in [0.15, 0.2) is 36.2 Å². The summed E-state index contributed by atoms with van der Waals surface area (Å²) in [6.45, 7) is 3.20. The Morgan fingerprint density at radius 3 is 1.10 bits per heavy atom. The van der Waals surface area contributed by atoms with Crippen LogP contribution in [0.4, 0.5) is 0 Å². The number of rotatable bonds is 42. The fourth-order valence-corrected chi connectivity index (χ4v) is 10.5. The molecule has 0 bridgehead atoms. The van der Waals surface area contributed by atoms with Crippen molar-refractivity contribution in [1.82, 2.24) is 4.90 Å². The standard InChI is InChI=1S/C55H96NO28P.14CH4/c1-32(2)85(72,73)84-80-25-36-18-41(64)21-56(36)45(65)19-40(63)20-55(29-74-26-37(60)12-6-9-15-77-52-33(3)46(66)49(69)42(22-57)81-52,30-75-27-38(61)13-7-10-16-78-53-34(4)47(67)50(70)43(23-58)82-53)31-76-28-39(62)14-8-11-17-79-54-35(5)48(68)51(71)44(24-59)83-54;;;;;;;;;;;;;;/h32-36,41-44,46-54,57-59,64,66-71H,6-31H2,1-5H3,(H,72,73);14*1H4/t33?,34?,35?,36-,41+,42?,43?,44?,46+,47+,48+,49-,50-,51-,52+,53+,54+,55?;;;;;;;;;;;;;;/m0............../s1. The van der Waals surface area contributed by atoms with Crippen molar-refractivity contribution in [1.29, 1.82) is 0 Å². The first-order chi connectivity index (χ1) is 40.3. The number of hydrogen-bond donors (Lipinski definition) is 11. The van der Waals surface area contributed by atoms with E-state index in [0.717, 1.165) is 0 Å². The number of likely N-dealkylation sites (tertiary alicyclic amines) is 1. The van der Waals surface area contributed by atoms with Crippen LogP contribution in [-0.2, 0) is 80.7 Å². The summed E-state index contributed by atoms with van der Waals surface area (Å²) in [6.07, 6.45) is -13.5. The number of carbonyl (C=O) groups excluding carboxylic acids is 5. The summed E-state index contributed by atoms with van der Waals surface area (Å²) in [5.74, 6) is -4.33. The monoisotopic (exact) mass is 1470 g/mol. The van der Waals surface area contributed by atoms with E-state index in [-0.39, 0.29) is 173 Å². The highest BCUT2D eigenvalue weighted by molar-refractivity contribution is 7.53. The molecule has 0 aromatic rings. The van der Waals surface area contributed by atoms with E-state index < -0.39 is 213 Å². The first-order valence-electron chi connectivity index (χ1n) is 29.4. The molecule has 606 valence electrons. The second kappa shape index (κ2) is 60.7. The second-order valence-electron chi connectivity index (χ2n) is 23.3. The van der Waals surface area contributed by atoms with Crippen molar-refractivity contribution in [3.8, 4) is 0 Å². The molecule has 4 saturated heterocycles. The zero-order valence-electron chi connectivity index (χ0n) is 49.5. The number of nitrogens with zero attached hydrogens (tertiary/aromatic N) is 1. The molecule has 18 atom stereocenters. The Morgan fingerprint density at radius 2 is 0.808 bits per heavy atom. The van der Waals surface area contributed by atoms with Crippen LogP contribution in [0.15, 0.2) is 0 Å². The largest absolute Gasteiger partial charge is 0.394 e. The van der Waals surface area contributed by atoms with Crippen LogP contribution in [0.5, 0.6) is 0 Å². The molecule has 0 aromatic carbocycles. The van der Waals surface area contributed by atoms with Crippen LogP contribution in [0.25, 0.3) is 0 Å². The molecule has 4 heterocycles. The third-order valence-corrected chi connectivity index (χ3v) is 17.3. The molecule has 4 rings (SSSR count). The number of carbonyl (C=O) groups is 5. The minimum absolute atomic E-state index is 0. The smallest absolute Gasteiger partial charge is 0.357 e. The first kappa shape index (κ1) is 120. The van der Waals surface area contributed by atoms with E-state index in [4.69, 9.17) is 52.2 Å². The summed E-state index contributed by atoms with van der Waals surface area (Å²) in [7, 11) is -4.17. The Kier molecular flexibility index (Phi) is 73.9. The summed E-state index contributed by atoms with van der Waals surface area (Å²) < 4.78 is 69.1. The van der Waals surface area contributed by atoms with E-state index in [1.165, 1.54) is 18.7 Å². The normalized spacial score (nSPS) is 27.7. The van der Waals surface area contributed by atoms with Crippen molar-refractivity contribution >= 4 is 36.6 Å². The van der Waals surface area contributed by atoms with Crippen molar-refractivity contribution < 1.29 is 137 Å². The van der Waals surface area contributed by atoms with E-state index in [0.29, 0.717) is 38.5 Å². The molecule has 0 saturated carbocycles. The molecule has 4 aliphatic rings. The van der Waals surface area contributed by atoms with Crippen molar-refractivity contribution in [3.05, 3.63) is 0 Å². The van der Waals surface area contributed by atoms with Crippen LogP contribution >= 0.6 is 7.60 Å². The number of β-amino-alcohol motifs (C(OH)–C–C–N with tert-alkyl or cyclic N) is 1. The summed E-state index contributed by atoms with van der Waals surface area (Å²) >= 11 is 0. The number of ketones is 4. The van der Waals surface area contributed by atoms with Gasteiger partial charge in [-0.2, -0.15) is 0 Å². The second-order valence-corrected chi connectivity index (χ2v) is 25.6. The summed E-state index contributed by atoms with van der Waals surface area (Å²) in [6, 6.07) is -0.853. The Balaban J connectivity index is -0.000000615. The molecular formula is C69H152NO28P. The minimum Gasteiger partial charge on any atom is -0.394 e. The topological polar surface area (TPSA) is 430 Å². The fourth-order valence-electron chi connectivity index (χ4n) is 10.1. The predicted molar refractivity (Wildman–Crippen MR) is 387 cm³/mol. The quantitative estimate of drug-likeness (QED) is 0.00940. The number of hydrogen-bond acceptors (Lipinski definition) is 27. The molecule has 7 unspecified atom stereocenters. The molecule has 11 N–H and O–H groups in total. The minimum atomic E-state index is -4.17. The van der Waals surface area contributed by atoms with Gasteiger partial charge in [-0.25, -0.2) is 4.89 Å². The third-order valence-electron chi connectivity index (χ3n) is 15.7. The summed E-state index contributed by atoms with van der Waals surface area (Å²) in [5.41, 5.74) is -2.35. The van der Waals surface area contributed by atoms with E-state index >= 15 is 0 Å². The number of aliphatic hydroxyl groups is 10. The maximum absolute atomic E-state index is 14.2. The highest BCUT2D eigenvalue weighted by Crippen LogP contribution is 2.47. The summed E-state index contributed by atoms with van der Waals surface area (Å²) in [5, 5.41) is 101. The lowest BCUT2D eigenvalue weighted by Crippen LogP contribution is -2.55. The fraction of sp³-hybridized carbons (Fsp3) is 0.928. The lowest BCUT2D eigenvalue weighted by molar-refractivity contribution is -0.282. The van der Waals surface area contributed by atoms with Gasteiger partial charge < -0.3 is 103 Å². The molecule has 29 nitrogen and oxygen atoms in total. The van der Waals surface area contributed by atoms with Crippen LogP contribution in [0.2, 0.25) is 0 Å². The van der Waals surface area contributed by atoms with Gasteiger partial charge in [-0.15, -0.1) is 4.67 Å². The molecule has 1 amide bonds. The molecular weight excluding hydrogens is 1320 g/mol. The number of aliphatic hydroxyl groups excluding tert-OH is 10. The van der Waals surface area contributed by atoms with Gasteiger partial charge in [-0.3, -0.25) is 28.5 Å². The van der Waals surface area contributed by atoms with Gasteiger partial charge in [0, 0.05) is 75.2 Å². The van der Waals surface area contributed by atoms with Crippen molar-refractivity contribution in [2.45, 2.75) is 307 Å². The highest BCUT2D eigenvalue weighted by atomic mass is 31.2. The Morgan fingerprint density at radius 1 is 0.495 bits per heavy atom. The van der Waals surface area contributed by atoms with Gasteiger partial charge in [-0.05, 0) is 44.9 Å². The zero-order chi connectivity index (χ0) is 63.0. The molecule has 0 spiro atoms. The van der Waals surface area contributed by atoms with Crippen LogP contribution in [-0.4, -0.2) is 274 Å². The van der Waals surface area contributed by atoms with Crippen LogP contribution in [0.1, 0.15) is 216 Å². The lowest BCUT2D eigenvalue weighted by Gasteiger charge is -2.40. The third kappa shape index (κ3) is 38.9. The number of amides is 1. The Labute approximate surface area is 599 Å². The van der Waals surface area contributed by atoms with Gasteiger partial charge in [0.2, 0.25) is 5.91 Å². The molecule has 30 heteroatoms. The maximum atomic E-state index is 14.2. The number of Topliss-reactive ketones (excluding diaryl/α,β-unsaturated/α-hetero) is 4. The van der Waals surface area contributed by atoms with Gasteiger partial charge in [0.25, 0.3) is 0 Å². The van der Waals surface area contributed by atoms with E-state index in [9.17, 15) is 84.5 Å². The number of ether oxygens (including phenoxy) is 9. The molecule has 99 heavy (non-hydrogen) atoms. The first-order valence-corrected chi connectivity index (χ1v) is 31.1. The SMILES string of the molecule is C.C.C.C.C.C.C.C.C.C.C.C.C.C.CC1[C@H](OCCCCC(=O)COCC(COCC(=O)CCCCO[C@@H]2OC(CO)[C@H](O)[C@H](O)C2C)(COCC(=O)CCCCO[C@@H]2OC(CO)[C@H](O)[C@H](O)C2C)CC(=O)CC(=O)N2C[C@H](O)C[C@H]2COOP(=O)(O)C(C)C)OC(CO)[C@H](O)[C@@H]1O. The number of unbranched alkanes of at least 4 members (excludes halogenated alkanes) is 3. The molecule has 4 fully saturated rings. The lowest BCUT2D eigenvalue weighted by atomic mass is 9.84. The average molecular weight is 1470 g/mol. The van der Waals surface area contributed by atoms with Crippen LogP contribution < -0.4 is 0 Å². The van der Waals surface area contributed by atoms with E-state index in [1.54, 1.807) is 20.8 Å². The van der Waals surface area contributed by atoms with Crippen molar-refractivity contribution in [2.24, 2.45) is 23.2 Å². The molecule has 0 aromatic heterocycles. The average Bonchev–Trinajstić information content (AvgIpc) is 1.27. The van der Waals surface area contributed by atoms with Crippen LogP contribution in [0.3, 0.4) is 0 Å². The highest BCUT2D eigenvalue weighted by Gasteiger charge is 2.46. The van der Waals surface area contributed by atoms with Gasteiger partial charge in [0.1, 0.15) is 68.8 Å². The van der Waals surface area contributed by atoms with E-state index in [2.05, 4.69) is 0 Å². The molecule has 4 aliphatic heterocycles. The van der Waals surface area contributed by atoms with E-state index in [1.807, 2.05) is 0 Å². The maximum Gasteiger partial charge on any atom is 0.357 e. The van der Waals surface area contributed by atoms with Gasteiger partial charge in [-0.1, -0.05) is 139 Å². The predicted octanol–water partition coefficient (Wildman–Crippen LogP) is 7.27. The van der Waals surface area contributed by atoms with Crippen molar-refractivity contribution in [3.63, 3.8) is 0 Å². The van der Waals surface area contributed by atoms with Crippen LogP contribution in [0, 0.1) is 23.2 Å². The molecule has 0 radical (unpaired) electrons. The Hall–Kier alpha value is -2.50. The van der Waals surface area contributed by atoms with Gasteiger partial charge >= 0.3 is 7.60 Å². The molecule has 0 aliphatic carbocycles. The zero-order valence-corrected chi connectivity index (χ0v) is 50.4. The Bertz CT molecular complexity index is 1910. The summed E-state index contributed by atoms with van der Waals surface area (Å²) in [4.78, 5) is 84.1. The van der Waals surface area contributed by atoms with Gasteiger partial charge in [0.05, 0.1) is 82.2 Å².